The lowest BCUT2D eigenvalue weighted by Gasteiger charge is -2.06. The van der Waals surface area contributed by atoms with Gasteiger partial charge in [-0.05, 0) is 17.5 Å². The molecule has 0 aromatic heterocycles. The fourth-order valence-electron chi connectivity index (χ4n) is 1.49. The molecule has 0 heterocycles. The molecule has 0 bridgehead atoms. The Hall–Kier alpha value is -1.21. The van der Waals surface area contributed by atoms with Gasteiger partial charge in [0.1, 0.15) is 0 Å². The van der Waals surface area contributed by atoms with Crippen molar-refractivity contribution in [2.75, 3.05) is 5.73 Å². The lowest BCUT2D eigenvalue weighted by atomic mass is 10.1. The third kappa shape index (κ3) is 1.44. The molecule has 0 saturated heterocycles. The Balaban J connectivity index is 2.84. The van der Waals surface area contributed by atoms with Gasteiger partial charge in [0.25, 0.3) is 8.54 Å². The Morgan fingerprint density at radius 3 is 2.29 bits per heavy atom. The number of halogens is 2. The van der Waals surface area contributed by atoms with Crippen molar-refractivity contribution in [1.29, 1.82) is 0 Å². The summed E-state index contributed by atoms with van der Waals surface area (Å²) in [6, 6.07) is 10.0. The van der Waals surface area contributed by atoms with Crippen LogP contribution in [0.2, 0.25) is 0 Å². The second-order valence-corrected chi connectivity index (χ2v) is 3.90. The van der Waals surface area contributed by atoms with Gasteiger partial charge in [-0.15, -0.1) is 0 Å². The zero-order valence-corrected chi connectivity index (χ0v) is 8.14. The average Bonchev–Trinajstić information content (AvgIpc) is 2.17. The molecule has 0 aliphatic carbocycles. The molecule has 0 amide bonds. The molecule has 0 aliphatic rings. The molecule has 0 unspecified atom stereocenters. The summed E-state index contributed by atoms with van der Waals surface area (Å²) in [5.41, 5.74) is 6.09. The minimum absolute atomic E-state index is 0.0654. The molecule has 14 heavy (non-hydrogen) atoms. The van der Waals surface area contributed by atoms with Crippen molar-refractivity contribution < 1.29 is 8.39 Å². The largest absolute Gasteiger partial charge is 0.398 e. The first kappa shape index (κ1) is 9.35. The van der Waals surface area contributed by atoms with Crippen molar-refractivity contribution in [3.8, 4) is 0 Å². The number of anilines is 1. The van der Waals surface area contributed by atoms with E-state index in [9.17, 15) is 8.39 Å². The minimum Gasteiger partial charge on any atom is -0.398 e. The Morgan fingerprint density at radius 2 is 1.64 bits per heavy atom. The molecule has 1 nitrogen and oxygen atoms in total. The highest BCUT2D eigenvalue weighted by Gasteiger charge is 2.13. The molecule has 4 heteroatoms. The summed E-state index contributed by atoms with van der Waals surface area (Å²) in [6.45, 7) is 0. The lowest BCUT2D eigenvalue weighted by Crippen LogP contribution is -2.00. The van der Waals surface area contributed by atoms with Crippen LogP contribution in [0.25, 0.3) is 10.8 Å². The van der Waals surface area contributed by atoms with Gasteiger partial charge in [0.05, 0.1) is 0 Å². The monoisotopic (exact) mass is 211 g/mol. The molecule has 0 aliphatic heterocycles. The maximum atomic E-state index is 12.7. The zero-order valence-electron chi connectivity index (χ0n) is 7.24. The van der Waals surface area contributed by atoms with E-state index in [0.717, 1.165) is 5.39 Å². The van der Waals surface area contributed by atoms with Crippen LogP contribution in [0.3, 0.4) is 0 Å². The van der Waals surface area contributed by atoms with Crippen LogP contribution in [0, 0.1) is 0 Å². The Bertz CT molecular complexity index is 465. The van der Waals surface area contributed by atoms with Crippen molar-refractivity contribution in [2.45, 2.75) is 0 Å². The van der Waals surface area contributed by atoms with Crippen LogP contribution >= 0.6 is 8.54 Å². The fourth-order valence-corrected chi connectivity index (χ4v) is 2.12. The van der Waals surface area contributed by atoms with Crippen LogP contribution in [-0.4, -0.2) is 0 Å². The summed E-state index contributed by atoms with van der Waals surface area (Å²) < 4.78 is 25.4. The van der Waals surface area contributed by atoms with Crippen LogP contribution in [0.1, 0.15) is 0 Å². The van der Waals surface area contributed by atoms with Crippen molar-refractivity contribution in [3.05, 3.63) is 36.4 Å². The summed E-state index contributed by atoms with van der Waals surface area (Å²) in [4.78, 5) is 0. The predicted octanol–water partition coefficient (Wildman–Crippen LogP) is 3.30. The second-order valence-electron chi connectivity index (χ2n) is 2.96. The summed E-state index contributed by atoms with van der Waals surface area (Å²) in [5, 5.41) is 1.33. The van der Waals surface area contributed by atoms with Gasteiger partial charge in [0.15, 0.2) is 0 Å². The van der Waals surface area contributed by atoms with E-state index >= 15 is 0 Å². The number of rotatable bonds is 1. The molecule has 2 N–H and O–H groups in total. The molecule has 2 aromatic rings. The van der Waals surface area contributed by atoms with Crippen molar-refractivity contribution >= 4 is 30.3 Å². The molecule has 0 spiro atoms. The molecular weight excluding hydrogens is 203 g/mol. The van der Waals surface area contributed by atoms with Crippen LogP contribution in [0.5, 0.6) is 0 Å². The van der Waals surface area contributed by atoms with Crippen LogP contribution in [-0.2, 0) is 0 Å². The quantitative estimate of drug-likeness (QED) is 0.568. The van der Waals surface area contributed by atoms with E-state index in [4.69, 9.17) is 5.73 Å². The van der Waals surface area contributed by atoms with Gasteiger partial charge in [-0.2, -0.15) is 8.39 Å². The molecule has 0 radical (unpaired) electrons. The highest BCUT2D eigenvalue weighted by atomic mass is 31.2. The van der Waals surface area contributed by atoms with E-state index in [2.05, 4.69) is 0 Å². The Kier molecular flexibility index (Phi) is 2.34. The third-order valence-corrected chi connectivity index (χ3v) is 2.83. The van der Waals surface area contributed by atoms with E-state index < -0.39 is 8.54 Å². The molecular formula is C10H8F2NP. The summed E-state index contributed by atoms with van der Waals surface area (Å²) in [6.07, 6.45) is 0. The van der Waals surface area contributed by atoms with E-state index in [1.54, 1.807) is 30.3 Å². The van der Waals surface area contributed by atoms with Gasteiger partial charge in [-0.1, -0.05) is 24.3 Å². The van der Waals surface area contributed by atoms with Gasteiger partial charge in [0, 0.05) is 16.4 Å². The molecule has 0 atom stereocenters. The standard InChI is InChI=1S/C10H8F2NP/c11-14(12)9-6-2-4-7-3-1-5-8(13)10(7)9/h1-6H,13H2. The highest BCUT2D eigenvalue weighted by molar-refractivity contribution is 7.55. The molecule has 0 saturated carbocycles. The maximum absolute atomic E-state index is 12.7. The van der Waals surface area contributed by atoms with E-state index in [-0.39, 0.29) is 5.30 Å². The molecule has 0 fully saturated rings. The van der Waals surface area contributed by atoms with E-state index in [0.29, 0.717) is 11.1 Å². The topological polar surface area (TPSA) is 26.0 Å². The summed E-state index contributed by atoms with van der Waals surface area (Å²) in [7, 11) is -3.09. The number of fused-ring (bicyclic) bond motifs is 1. The Morgan fingerprint density at radius 1 is 1.00 bits per heavy atom. The number of nitrogen functional groups attached to an aromatic ring is 1. The first-order chi connectivity index (χ1) is 6.70. The van der Waals surface area contributed by atoms with Crippen LogP contribution < -0.4 is 11.0 Å². The number of hydrogen-bond acceptors (Lipinski definition) is 1. The van der Waals surface area contributed by atoms with Gasteiger partial charge in [0.2, 0.25) is 0 Å². The van der Waals surface area contributed by atoms with Gasteiger partial charge < -0.3 is 5.73 Å². The first-order valence-corrected chi connectivity index (χ1v) is 5.21. The van der Waals surface area contributed by atoms with Crippen molar-refractivity contribution in [2.24, 2.45) is 0 Å². The maximum Gasteiger partial charge on any atom is 0.298 e. The second kappa shape index (κ2) is 3.50. The van der Waals surface area contributed by atoms with Crippen LogP contribution in [0.4, 0.5) is 14.1 Å². The smallest absolute Gasteiger partial charge is 0.298 e. The number of benzene rings is 2. The number of hydrogen-bond donors (Lipinski definition) is 1. The van der Waals surface area contributed by atoms with E-state index in [1.165, 1.54) is 6.07 Å². The number of nitrogens with two attached hydrogens (primary N) is 1. The van der Waals surface area contributed by atoms with E-state index in [1.807, 2.05) is 0 Å². The predicted molar refractivity (Wildman–Crippen MR) is 57.1 cm³/mol. The summed E-state index contributed by atoms with van der Waals surface area (Å²) in [5.74, 6) is 0. The molecule has 2 aromatic carbocycles. The SMILES string of the molecule is Nc1cccc2cccc(P(F)F)c12. The highest BCUT2D eigenvalue weighted by Crippen LogP contribution is 2.40. The van der Waals surface area contributed by atoms with Gasteiger partial charge >= 0.3 is 0 Å². The average molecular weight is 211 g/mol. The summed E-state index contributed by atoms with van der Waals surface area (Å²) >= 11 is 0. The molecule has 2 rings (SSSR count). The fraction of sp³-hybridized carbons (Fsp3) is 0. The van der Waals surface area contributed by atoms with Gasteiger partial charge in [-0.25, -0.2) is 0 Å². The Labute approximate surface area is 81.5 Å². The van der Waals surface area contributed by atoms with Crippen LogP contribution in [0.15, 0.2) is 36.4 Å². The first-order valence-electron chi connectivity index (χ1n) is 4.09. The van der Waals surface area contributed by atoms with Crippen molar-refractivity contribution in [1.82, 2.24) is 0 Å². The normalized spacial score (nSPS) is 11.1. The van der Waals surface area contributed by atoms with Crippen molar-refractivity contribution in [3.63, 3.8) is 0 Å². The zero-order chi connectivity index (χ0) is 10.1. The van der Waals surface area contributed by atoms with Gasteiger partial charge in [-0.3, -0.25) is 0 Å². The lowest BCUT2D eigenvalue weighted by molar-refractivity contribution is 0.764. The minimum atomic E-state index is -3.09. The molecule has 72 valence electrons. The third-order valence-electron chi connectivity index (χ3n) is 2.10.